The molecule has 2 aromatic rings. The van der Waals surface area contributed by atoms with Gasteiger partial charge in [0.2, 0.25) is 11.5 Å². The molecule has 1 aromatic carbocycles. The van der Waals surface area contributed by atoms with Crippen LogP contribution in [-0.4, -0.2) is 31.5 Å². The Morgan fingerprint density at radius 2 is 1.68 bits per heavy atom. The van der Waals surface area contributed by atoms with Gasteiger partial charge in [-0.1, -0.05) is 82.2 Å². The highest BCUT2D eigenvalue weighted by molar-refractivity contribution is 5.94. The predicted molar refractivity (Wildman–Crippen MR) is 124 cm³/mol. The number of nitrogens with one attached hydrogen (secondary N) is 1. The highest BCUT2D eigenvalue weighted by Gasteiger charge is 2.24. The molecular weight excluding hydrogens is 390 g/mol. The zero-order chi connectivity index (χ0) is 22.3. The number of nitrogens with zero attached hydrogens (tertiary/aromatic N) is 2. The number of hydrogen-bond donors (Lipinski definition) is 1. The number of ketones is 1. The van der Waals surface area contributed by atoms with Crippen LogP contribution in [0.15, 0.2) is 36.7 Å². The Bertz CT molecular complexity index is 781. The van der Waals surface area contributed by atoms with Crippen molar-refractivity contribution >= 4 is 11.6 Å². The van der Waals surface area contributed by atoms with E-state index in [1.165, 1.54) is 44.9 Å². The van der Waals surface area contributed by atoms with Gasteiger partial charge in [-0.2, -0.15) is 0 Å². The fourth-order valence-electron chi connectivity index (χ4n) is 3.62. The summed E-state index contributed by atoms with van der Waals surface area (Å²) in [6.45, 7) is 3.61. The molecule has 1 N–H and O–H groups in total. The summed E-state index contributed by atoms with van der Waals surface area (Å²) < 4.78 is 12.8. The molecule has 6 heteroatoms. The molecule has 0 saturated heterocycles. The fraction of sp³-hybridized carbons (Fsp3) is 0.560. The Balaban J connectivity index is 1.95. The van der Waals surface area contributed by atoms with E-state index < -0.39 is 0 Å². The minimum atomic E-state index is 0.0199. The van der Waals surface area contributed by atoms with Gasteiger partial charge >= 0.3 is 0 Å². The molecule has 0 spiro atoms. The number of carbonyl (C=O) groups is 1. The largest absolute Gasteiger partial charge is 0.488 e. The van der Waals surface area contributed by atoms with E-state index in [0.29, 0.717) is 23.7 Å². The number of methoxy groups -OCH3 is 2. The molecular formula is C25H38N3O3+. The van der Waals surface area contributed by atoms with Crippen LogP contribution in [-0.2, 0) is 17.9 Å². The standard InChI is InChI=1S/C25H37N3O3/c1-4-5-6-7-8-9-10-14-17-26-25-24(31-3)22(19-30-2)28(20-27-25)18-23(29)21-15-12-11-13-16-21/h11-13,15-16,20H,4-10,14,17-19H2,1-3H3/p+1. The number of anilines is 1. The molecule has 0 aliphatic rings. The first-order valence-corrected chi connectivity index (χ1v) is 11.5. The van der Waals surface area contributed by atoms with Crippen molar-refractivity contribution in [2.75, 3.05) is 26.1 Å². The zero-order valence-electron chi connectivity index (χ0n) is 19.4. The molecule has 0 aliphatic heterocycles. The van der Waals surface area contributed by atoms with Crippen LogP contribution < -0.4 is 14.6 Å². The van der Waals surface area contributed by atoms with Crippen LogP contribution in [0, 0.1) is 0 Å². The molecule has 2 rings (SSSR count). The van der Waals surface area contributed by atoms with Gasteiger partial charge in [-0.15, -0.1) is 0 Å². The Morgan fingerprint density at radius 3 is 2.32 bits per heavy atom. The van der Waals surface area contributed by atoms with Crippen molar-refractivity contribution in [1.82, 2.24) is 4.98 Å². The monoisotopic (exact) mass is 428 g/mol. The van der Waals surface area contributed by atoms with Gasteiger partial charge in [-0.05, 0) is 11.4 Å². The molecule has 0 radical (unpaired) electrons. The van der Waals surface area contributed by atoms with E-state index in [4.69, 9.17) is 9.47 Å². The first kappa shape index (κ1) is 24.8. The van der Waals surface area contributed by atoms with Gasteiger partial charge in [-0.3, -0.25) is 4.79 Å². The molecule has 1 heterocycles. The number of ether oxygens (including phenoxy) is 2. The first-order valence-electron chi connectivity index (χ1n) is 11.5. The second-order valence-electron chi connectivity index (χ2n) is 7.82. The molecule has 6 nitrogen and oxygen atoms in total. The van der Waals surface area contributed by atoms with Gasteiger partial charge in [0.15, 0.2) is 12.2 Å². The van der Waals surface area contributed by atoms with Crippen molar-refractivity contribution in [3.8, 4) is 5.75 Å². The summed E-state index contributed by atoms with van der Waals surface area (Å²) in [5, 5.41) is 3.40. The van der Waals surface area contributed by atoms with Crippen molar-refractivity contribution < 1.29 is 18.8 Å². The Hall–Kier alpha value is -2.47. The lowest BCUT2D eigenvalue weighted by Crippen LogP contribution is -2.43. The van der Waals surface area contributed by atoms with E-state index in [1.807, 2.05) is 30.3 Å². The summed E-state index contributed by atoms with van der Waals surface area (Å²) in [5.74, 6) is 1.34. The van der Waals surface area contributed by atoms with Gasteiger partial charge < -0.3 is 14.8 Å². The smallest absolute Gasteiger partial charge is 0.289 e. The van der Waals surface area contributed by atoms with E-state index in [9.17, 15) is 4.79 Å². The van der Waals surface area contributed by atoms with Gasteiger partial charge in [0.1, 0.15) is 6.61 Å². The molecule has 0 bridgehead atoms. The molecule has 170 valence electrons. The highest BCUT2D eigenvalue weighted by atomic mass is 16.5. The number of carbonyl (C=O) groups excluding carboxylic acids is 1. The molecule has 0 atom stereocenters. The molecule has 0 fully saturated rings. The molecule has 1 aromatic heterocycles. The number of Topliss-reactive ketones (excluding diaryl/α,β-unsaturated/α-hetero) is 1. The van der Waals surface area contributed by atoms with E-state index in [1.54, 1.807) is 25.1 Å². The van der Waals surface area contributed by atoms with E-state index in [-0.39, 0.29) is 12.3 Å². The number of unbranched alkanes of at least 4 members (excludes halogenated alkanes) is 7. The Labute approximate surface area is 187 Å². The van der Waals surface area contributed by atoms with Gasteiger partial charge in [0.25, 0.3) is 12.1 Å². The van der Waals surface area contributed by atoms with E-state index in [2.05, 4.69) is 17.2 Å². The Kier molecular flexibility index (Phi) is 11.6. The summed E-state index contributed by atoms with van der Waals surface area (Å²) >= 11 is 0. The SMILES string of the molecule is CCCCCCCCCCNc1nc[n+](CC(=O)c2ccccc2)c(COC)c1OC. The van der Waals surface area contributed by atoms with Crippen molar-refractivity contribution in [2.24, 2.45) is 0 Å². The summed E-state index contributed by atoms with van der Waals surface area (Å²) in [7, 11) is 3.26. The number of hydrogen-bond acceptors (Lipinski definition) is 5. The fourth-order valence-corrected chi connectivity index (χ4v) is 3.62. The van der Waals surface area contributed by atoms with Crippen LogP contribution in [0.1, 0.15) is 74.3 Å². The maximum Gasteiger partial charge on any atom is 0.289 e. The molecule has 0 unspecified atom stereocenters. The normalized spacial score (nSPS) is 10.8. The second kappa shape index (κ2) is 14.5. The van der Waals surface area contributed by atoms with Gasteiger partial charge in [0, 0.05) is 19.2 Å². The number of aromatic nitrogens is 2. The lowest BCUT2D eigenvalue weighted by Gasteiger charge is -2.13. The average molecular weight is 429 g/mol. The van der Waals surface area contributed by atoms with E-state index >= 15 is 0 Å². The first-order chi connectivity index (χ1) is 15.2. The average Bonchev–Trinajstić information content (AvgIpc) is 2.80. The molecule has 0 saturated carbocycles. The number of benzene rings is 1. The second-order valence-corrected chi connectivity index (χ2v) is 7.82. The van der Waals surface area contributed by atoms with Crippen molar-refractivity contribution in [1.29, 1.82) is 0 Å². The zero-order valence-corrected chi connectivity index (χ0v) is 19.4. The van der Waals surface area contributed by atoms with Crippen molar-refractivity contribution in [3.05, 3.63) is 47.9 Å². The predicted octanol–water partition coefficient (Wildman–Crippen LogP) is 4.96. The topological polar surface area (TPSA) is 64.3 Å². The van der Waals surface area contributed by atoms with Crippen molar-refractivity contribution in [2.45, 2.75) is 71.4 Å². The van der Waals surface area contributed by atoms with Crippen molar-refractivity contribution in [3.63, 3.8) is 0 Å². The molecule has 0 amide bonds. The molecule has 0 aliphatic carbocycles. The summed E-state index contributed by atoms with van der Waals surface area (Å²) in [6, 6.07) is 9.28. The summed E-state index contributed by atoms with van der Waals surface area (Å²) in [6.07, 6.45) is 11.9. The maximum absolute atomic E-state index is 12.7. The van der Waals surface area contributed by atoms with Gasteiger partial charge in [0.05, 0.1) is 7.11 Å². The summed E-state index contributed by atoms with van der Waals surface area (Å²) in [4.78, 5) is 17.2. The third-order valence-electron chi connectivity index (χ3n) is 5.37. The minimum Gasteiger partial charge on any atom is -0.488 e. The third-order valence-corrected chi connectivity index (χ3v) is 5.37. The maximum atomic E-state index is 12.7. The third kappa shape index (κ3) is 8.29. The lowest BCUT2D eigenvalue weighted by atomic mass is 10.1. The minimum absolute atomic E-state index is 0.0199. The molecule has 31 heavy (non-hydrogen) atoms. The lowest BCUT2D eigenvalue weighted by molar-refractivity contribution is -0.695. The quantitative estimate of drug-likeness (QED) is 0.233. The van der Waals surface area contributed by atoms with E-state index in [0.717, 1.165) is 18.7 Å². The van der Waals surface area contributed by atoms with Crippen LogP contribution in [0.3, 0.4) is 0 Å². The van der Waals surface area contributed by atoms with Crippen LogP contribution in [0.2, 0.25) is 0 Å². The van der Waals surface area contributed by atoms with Gasteiger partial charge in [-0.25, -0.2) is 4.57 Å². The number of rotatable bonds is 16. The van der Waals surface area contributed by atoms with Crippen LogP contribution >= 0.6 is 0 Å². The Morgan fingerprint density at radius 1 is 1.00 bits per heavy atom. The van der Waals surface area contributed by atoms with Crippen LogP contribution in [0.5, 0.6) is 5.75 Å². The van der Waals surface area contributed by atoms with Crippen LogP contribution in [0.4, 0.5) is 5.82 Å². The summed E-state index contributed by atoms with van der Waals surface area (Å²) in [5.41, 5.74) is 1.47. The van der Waals surface area contributed by atoms with Crippen LogP contribution in [0.25, 0.3) is 0 Å². The highest BCUT2D eigenvalue weighted by Crippen LogP contribution is 2.24.